The van der Waals surface area contributed by atoms with Crippen LogP contribution in [0, 0.1) is 0 Å². The minimum absolute atomic E-state index is 0.0424. The molecule has 18 heavy (non-hydrogen) atoms. The lowest BCUT2D eigenvalue weighted by Crippen LogP contribution is -2.45. The summed E-state index contributed by atoms with van der Waals surface area (Å²) in [6.45, 7) is 5.97. The number of hydrazine groups is 1. The molecule has 1 rings (SSSR count). The molecule has 0 bridgehead atoms. The number of hydrogen-bond acceptors (Lipinski definition) is 4. The third-order valence-corrected chi connectivity index (χ3v) is 2.39. The molecule has 1 aliphatic heterocycles. The predicted molar refractivity (Wildman–Crippen MR) is 65.7 cm³/mol. The van der Waals surface area contributed by atoms with Crippen LogP contribution in [-0.2, 0) is 14.3 Å². The molecule has 0 spiro atoms. The number of nitrogens with one attached hydrogen (secondary N) is 2. The van der Waals surface area contributed by atoms with Crippen LogP contribution in [0.25, 0.3) is 0 Å². The molecule has 1 atom stereocenters. The molecule has 0 aromatic heterocycles. The van der Waals surface area contributed by atoms with Gasteiger partial charge in [0, 0.05) is 6.61 Å². The van der Waals surface area contributed by atoms with Crippen molar-refractivity contribution >= 4 is 12.0 Å². The van der Waals surface area contributed by atoms with Gasteiger partial charge in [-0.15, -0.1) is 0 Å². The van der Waals surface area contributed by atoms with Gasteiger partial charge < -0.3 is 9.47 Å². The van der Waals surface area contributed by atoms with Gasteiger partial charge in [0.05, 0.1) is 12.5 Å². The smallest absolute Gasteiger partial charge is 0.426 e. The molecule has 0 aliphatic carbocycles. The quantitative estimate of drug-likeness (QED) is 0.736. The van der Waals surface area contributed by atoms with E-state index in [0.717, 1.165) is 19.3 Å². The summed E-state index contributed by atoms with van der Waals surface area (Å²) in [5.74, 6) is -0.271. The first-order valence-corrected chi connectivity index (χ1v) is 6.26. The zero-order chi connectivity index (χ0) is 13.6. The standard InChI is InChI=1S/C12H22N2O4/c1-12(2,3)18-11(16)14-13-10(15)8-9-6-4-5-7-17-9/h9H,4-8H2,1-3H3,(H,13,15)(H,14,16). The zero-order valence-electron chi connectivity index (χ0n) is 11.2. The van der Waals surface area contributed by atoms with Gasteiger partial charge >= 0.3 is 6.09 Å². The maximum Gasteiger partial charge on any atom is 0.426 e. The van der Waals surface area contributed by atoms with Crippen molar-refractivity contribution in [3.05, 3.63) is 0 Å². The van der Waals surface area contributed by atoms with Crippen LogP contribution in [0.2, 0.25) is 0 Å². The van der Waals surface area contributed by atoms with Gasteiger partial charge in [-0.1, -0.05) is 0 Å². The van der Waals surface area contributed by atoms with Crippen molar-refractivity contribution in [1.29, 1.82) is 0 Å². The molecule has 1 heterocycles. The molecule has 6 heteroatoms. The van der Waals surface area contributed by atoms with Crippen molar-refractivity contribution in [3.63, 3.8) is 0 Å². The lowest BCUT2D eigenvalue weighted by Gasteiger charge is -2.22. The van der Waals surface area contributed by atoms with Gasteiger partial charge in [-0.25, -0.2) is 10.2 Å². The van der Waals surface area contributed by atoms with Crippen molar-refractivity contribution in [1.82, 2.24) is 10.9 Å². The Bertz CT molecular complexity index is 293. The summed E-state index contributed by atoms with van der Waals surface area (Å²) in [5.41, 5.74) is 3.94. The molecular formula is C12H22N2O4. The number of hydrogen-bond donors (Lipinski definition) is 2. The van der Waals surface area contributed by atoms with E-state index >= 15 is 0 Å². The van der Waals surface area contributed by atoms with Crippen molar-refractivity contribution in [2.75, 3.05) is 6.61 Å². The lowest BCUT2D eigenvalue weighted by molar-refractivity contribution is -0.125. The highest BCUT2D eigenvalue weighted by Crippen LogP contribution is 2.15. The SMILES string of the molecule is CC(C)(C)OC(=O)NNC(=O)CC1CCCCO1. The predicted octanol–water partition coefficient (Wildman–Crippen LogP) is 1.50. The van der Waals surface area contributed by atoms with Crippen molar-refractivity contribution in [2.24, 2.45) is 0 Å². The molecule has 1 saturated heterocycles. The zero-order valence-corrected chi connectivity index (χ0v) is 11.2. The number of ether oxygens (including phenoxy) is 2. The van der Waals surface area contributed by atoms with Crippen molar-refractivity contribution in [2.45, 2.75) is 58.2 Å². The maximum atomic E-state index is 11.5. The highest BCUT2D eigenvalue weighted by Gasteiger charge is 2.19. The highest BCUT2D eigenvalue weighted by molar-refractivity contribution is 5.79. The molecule has 0 saturated carbocycles. The first kappa shape index (κ1) is 14.8. The van der Waals surface area contributed by atoms with Crippen molar-refractivity contribution in [3.8, 4) is 0 Å². The van der Waals surface area contributed by atoms with Gasteiger partial charge in [-0.2, -0.15) is 0 Å². The summed E-state index contributed by atoms with van der Waals surface area (Å²) < 4.78 is 10.4. The summed E-state index contributed by atoms with van der Waals surface area (Å²) in [6, 6.07) is 0. The van der Waals surface area contributed by atoms with E-state index in [1.54, 1.807) is 20.8 Å². The fraction of sp³-hybridized carbons (Fsp3) is 0.833. The van der Waals surface area contributed by atoms with Crippen LogP contribution >= 0.6 is 0 Å². The van der Waals surface area contributed by atoms with Crippen LogP contribution < -0.4 is 10.9 Å². The molecule has 0 aromatic rings. The van der Waals surface area contributed by atoms with E-state index in [-0.39, 0.29) is 18.4 Å². The number of carbonyl (C=O) groups is 2. The van der Waals surface area contributed by atoms with Crippen LogP contribution in [0.4, 0.5) is 4.79 Å². The third kappa shape index (κ3) is 6.44. The Kier molecular flexibility index (Phi) is 5.40. The van der Waals surface area contributed by atoms with E-state index in [0.29, 0.717) is 6.61 Å². The topological polar surface area (TPSA) is 76.7 Å². The summed E-state index contributed by atoms with van der Waals surface area (Å²) in [7, 11) is 0. The molecular weight excluding hydrogens is 236 g/mol. The Balaban J connectivity index is 2.18. The van der Waals surface area contributed by atoms with Gasteiger partial charge in [0.2, 0.25) is 5.91 Å². The Hall–Kier alpha value is -1.30. The average Bonchev–Trinajstić information content (AvgIpc) is 2.25. The van der Waals surface area contributed by atoms with E-state index in [4.69, 9.17) is 9.47 Å². The Morgan fingerprint density at radius 2 is 2.00 bits per heavy atom. The normalized spacial score (nSPS) is 20.1. The average molecular weight is 258 g/mol. The van der Waals surface area contributed by atoms with E-state index in [1.165, 1.54) is 0 Å². The Morgan fingerprint density at radius 3 is 2.56 bits per heavy atom. The van der Waals surface area contributed by atoms with Gasteiger partial charge in [-0.3, -0.25) is 10.2 Å². The van der Waals surface area contributed by atoms with Crippen LogP contribution in [0.1, 0.15) is 46.5 Å². The minimum Gasteiger partial charge on any atom is -0.443 e. The van der Waals surface area contributed by atoms with E-state index in [9.17, 15) is 9.59 Å². The summed E-state index contributed by atoms with van der Waals surface area (Å²) >= 11 is 0. The lowest BCUT2D eigenvalue weighted by atomic mass is 10.1. The van der Waals surface area contributed by atoms with Gasteiger partial charge in [0.25, 0.3) is 0 Å². The fourth-order valence-electron chi connectivity index (χ4n) is 1.65. The molecule has 104 valence electrons. The second-order valence-corrected chi connectivity index (χ2v) is 5.37. The van der Waals surface area contributed by atoms with E-state index in [1.807, 2.05) is 0 Å². The van der Waals surface area contributed by atoms with Crippen LogP contribution in [-0.4, -0.2) is 30.3 Å². The van der Waals surface area contributed by atoms with Crippen LogP contribution in [0.15, 0.2) is 0 Å². The molecule has 0 aromatic carbocycles. The Morgan fingerprint density at radius 1 is 1.28 bits per heavy atom. The van der Waals surface area contributed by atoms with Crippen molar-refractivity contribution < 1.29 is 19.1 Å². The third-order valence-electron chi connectivity index (χ3n) is 2.39. The highest BCUT2D eigenvalue weighted by atomic mass is 16.6. The first-order valence-electron chi connectivity index (χ1n) is 6.26. The largest absolute Gasteiger partial charge is 0.443 e. The summed E-state index contributed by atoms with van der Waals surface area (Å²) in [5, 5.41) is 0. The maximum absolute atomic E-state index is 11.5. The van der Waals surface area contributed by atoms with Crippen LogP contribution in [0.5, 0.6) is 0 Å². The number of carbonyl (C=O) groups excluding carboxylic acids is 2. The molecule has 2 N–H and O–H groups in total. The van der Waals surface area contributed by atoms with Gasteiger partial charge in [0.15, 0.2) is 0 Å². The summed E-state index contributed by atoms with van der Waals surface area (Å²) in [6.07, 6.45) is 2.57. The second kappa shape index (κ2) is 6.58. The van der Waals surface area contributed by atoms with E-state index in [2.05, 4.69) is 10.9 Å². The number of amides is 2. The van der Waals surface area contributed by atoms with Gasteiger partial charge in [-0.05, 0) is 40.0 Å². The minimum atomic E-state index is -0.666. The molecule has 2 amide bonds. The second-order valence-electron chi connectivity index (χ2n) is 5.37. The van der Waals surface area contributed by atoms with Crippen LogP contribution in [0.3, 0.4) is 0 Å². The number of rotatable bonds is 2. The summed E-state index contributed by atoms with van der Waals surface area (Å²) in [4.78, 5) is 22.8. The fourth-order valence-corrected chi connectivity index (χ4v) is 1.65. The molecule has 6 nitrogen and oxygen atoms in total. The first-order chi connectivity index (χ1) is 8.37. The molecule has 1 fully saturated rings. The monoisotopic (exact) mass is 258 g/mol. The molecule has 0 radical (unpaired) electrons. The molecule has 1 unspecified atom stereocenters. The van der Waals surface area contributed by atoms with Gasteiger partial charge in [0.1, 0.15) is 5.60 Å². The molecule has 1 aliphatic rings. The van der Waals surface area contributed by atoms with E-state index < -0.39 is 11.7 Å². The Labute approximate surface area is 107 Å².